The van der Waals surface area contributed by atoms with Crippen LogP contribution in [0.3, 0.4) is 0 Å². The minimum atomic E-state index is -1.19. The number of aromatic nitrogens is 1. The number of benzene rings is 2. The van der Waals surface area contributed by atoms with Gasteiger partial charge in [0.05, 0.1) is 28.7 Å². The number of hydrogen-bond acceptors (Lipinski definition) is 4. The monoisotopic (exact) mass is 432 g/mol. The zero-order valence-corrected chi connectivity index (χ0v) is 18.6. The van der Waals surface area contributed by atoms with Gasteiger partial charge in [-0.05, 0) is 73.2 Å². The van der Waals surface area contributed by atoms with E-state index in [1.54, 1.807) is 7.11 Å². The molecule has 6 atom stereocenters. The van der Waals surface area contributed by atoms with Crippen molar-refractivity contribution in [1.29, 1.82) is 0 Å². The number of ether oxygens (including phenoxy) is 1. The molecule has 6 rings (SSSR count). The van der Waals surface area contributed by atoms with Gasteiger partial charge < -0.3 is 4.74 Å². The number of hydrogen-bond donors (Lipinski definition) is 0. The number of pyridine rings is 1. The average molecular weight is 433 g/mol. The topological polar surface area (TPSA) is 42.4 Å². The van der Waals surface area contributed by atoms with Crippen molar-refractivity contribution in [3.05, 3.63) is 79.0 Å². The van der Waals surface area contributed by atoms with Gasteiger partial charge in [0.1, 0.15) is 5.75 Å². The van der Waals surface area contributed by atoms with Gasteiger partial charge in [-0.25, -0.2) is 0 Å². The van der Waals surface area contributed by atoms with Crippen LogP contribution in [0, 0.1) is 11.8 Å². The summed E-state index contributed by atoms with van der Waals surface area (Å²) in [6.07, 6.45) is 6.21. The number of rotatable bonds is 6. The van der Waals surface area contributed by atoms with Gasteiger partial charge in [0.25, 0.3) is 0 Å². The fourth-order valence-electron chi connectivity index (χ4n) is 5.38. The van der Waals surface area contributed by atoms with E-state index in [9.17, 15) is 4.21 Å². The summed E-state index contributed by atoms with van der Waals surface area (Å²) in [5, 5.41) is 0.896. The Morgan fingerprint density at radius 3 is 2.77 bits per heavy atom. The van der Waals surface area contributed by atoms with Gasteiger partial charge in [-0.1, -0.05) is 24.3 Å². The molecule has 160 valence electrons. The molecule has 3 saturated heterocycles. The molecule has 4 heterocycles. The van der Waals surface area contributed by atoms with Crippen LogP contribution in [-0.2, 0) is 10.8 Å². The average Bonchev–Trinajstić information content (AvgIpc) is 2.84. The second-order valence-corrected chi connectivity index (χ2v) is 10.1. The van der Waals surface area contributed by atoms with E-state index < -0.39 is 10.8 Å². The van der Waals surface area contributed by atoms with Crippen molar-refractivity contribution in [2.45, 2.75) is 29.0 Å². The minimum absolute atomic E-state index is 0.131. The smallest absolute Gasteiger partial charge is 0.119 e. The Morgan fingerprint density at radius 1 is 1.23 bits per heavy atom. The SMILES string of the molecule is C=C[C@H]1CN2CC[C@H]1C[C@H]2[C@H](c1ccnc2ccc(OC)cc12)S(=O)c1ccccc1. The van der Waals surface area contributed by atoms with E-state index in [1.165, 1.54) is 6.42 Å². The fourth-order valence-corrected chi connectivity index (χ4v) is 7.10. The molecule has 5 heteroatoms. The van der Waals surface area contributed by atoms with Gasteiger partial charge >= 0.3 is 0 Å². The molecule has 31 heavy (non-hydrogen) atoms. The lowest BCUT2D eigenvalue weighted by Crippen LogP contribution is -2.55. The van der Waals surface area contributed by atoms with Crippen LogP contribution in [0.4, 0.5) is 0 Å². The van der Waals surface area contributed by atoms with Gasteiger partial charge in [-0.2, -0.15) is 0 Å². The highest BCUT2D eigenvalue weighted by Crippen LogP contribution is 2.45. The van der Waals surface area contributed by atoms with Crippen LogP contribution in [0.1, 0.15) is 23.7 Å². The zero-order valence-electron chi connectivity index (χ0n) is 17.8. The minimum Gasteiger partial charge on any atom is -0.497 e. The third-order valence-corrected chi connectivity index (χ3v) is 8.76. The molecule has 3 fully saturated rings. The van der Waals surface area contributed by atoms with Gasteiger partial charge in [-0.15, -0.1) is 6.58 Å². The lowest BCUT2D eigenvalue weighted by Gasteiger charge is -2.51. The first-order valence-corrected chi connectivity index (χ1v) is 12.2. The van der Waals surface area contributed by atoms with Crippen molar-refractivity contribution >= 4 is 21.7 Å². The molecule has 4 nitrogen and oxygen atoms in total. The zero-order chi connectivity index (χ0) is 21.4. The highest BCUT2D eigenvalue weighted by molar-refractivity contribution is 7.85. The van der Waals surface area contributed by atoms with Crippen molar-refractivity contribution in [2.24, 2.45) is 11.8 Å². The van der Waals surface area contributed by atoms with Crippen molar-refractivity contribution in [2.75, 3.05) is 20.2 Å². The van der Waals surface area contributed by atoms with E-state index >= 15 is 0 Å². The molecule has 3 aliphatic rings. The van der Waals surface area contributed by atoms with Gasteiger partial charge in [-0.3, -0.25) is 14.1 Å². The molecule has 3 aromatic rings. The first kappa shape index (κ1) is 20.4. The predicted octanol–water partition coefficient (Wildman–Crippen LogP) is 4.99. The molecule has 0 radical (unpaired) electrons. The molecule has 2 aromatic carbocycles. The maximum absolute atomic E-state index is 14.1. The highest BCUT2D eigenvalue weighted by atomic mass is 32.2. The summed E-state index contributed by atoms with van der Waals surface area (Å²) in [7, 11) is 0.493. The molecule has 2 bridgehead atoms. The molecule has 0 aliphatic carbocycles. The van der Waals surface area contributed by atoms with Crippen LogP contribution in [0.25, 0.3) is 10.9 Å². The molecular weight excluding hydrogens is 404 g/mol. The summed E-state index contributed by atoms with van der Waals surface area (Å²) < 4.78 is 19.6. The molecule has 0 N–H and O–H groups in total. The maximum Gasteiger partial charge on any atom is 0.119 e. The largest absolute Gasteiger partial charge is 0.497 e. The van der Waals surface area contributed by atoms with Crippen LogP contribution in [0.5, 0.6) is 5.75 Å². The van der Waals surface area contributed by atoms with Gasteiger partial charge in [0.15, 0.2) is 0 Å². The summed E-state index contributed by atoms with van der Waals surface area (Å²) in [5.74, 6) is 1.94. The van der Waals surface area contributed by atoms with E-state index in [0.29, 0.717) is 11.8 Å². The van der Waals surface area contributed by atoms with Crippen LogP contribution < -0.4 is 4.74 Å². The third-order valence-electron chi connectivity index (χ3n) is 7.00. The molecule has 3 aliphatic heterocycles. The Labute approximate surface area is 186 Å². The standard InChI is InChI=1S/C26H28N2O2S/c1-3-18-17-28-14-12-19(18)15-25(28)26(31(29)21-7-5-4-6-8-21)22-11-13-27-24-10-9-20(30-2)16-23(22)24/h3-11,13,16,18-19,25-26H,1,12,14-15,17H2,2H3/t18-,19-,25-,26-,31?/m0/s1. The Morgan fingerprint density at radius 2 is 2.06 bits per heavy atom. The van der Waals surface area contributed by atoms with Crippen LogP contribution in [0.2, 0.25) is 0 Å². The van der Waals surface area contributed by atoms with Crippen molar-refractivity contribution < 1.29 is 8.95 Å². The Hall–Kier alpha value is -2.50. The molecule has 0 amide bonds. The fraction of sp³-hybridized carbons (Fsp3) is 0.346. The molecule has 1 aromatic heterocycles. The third kappa shape index (κ3) is 3.70. The van der Waals surface area contributed by atoms with Crippen molar-refractivity contribution in [3.63, 3.8) is 0 Å². The number of nitrogens with zero attached hydrogens (tertiary/aromatic N) is 2. The maximum atomic E-state index is 14.1. The number of fused-ring (bicyclic) bond motifs is 4. The normalized spacial score (nSPS) is 27.0. The molecular formula is C26H28N2O2S. The molecule has 0 saturated carbocycles. The first-order chi connectivity index (χ1) is 15.2. The van der Waals surface area contributed by atoms with Crippen LogP contribution in [0.15, 0.2) is 78.3 Å². The summed E-state index contributed by atoms with van der Waals surface area (Å²) >= 11 is 0. The van der Waals surface area contributed by atoms with E-state index in [-0.39, 0.29) is 11.3 Å². The van der Waals surface area contributed by atoms with E-state index in [4.69, 9.17) is 4.74 Å². The summed E-state index contributed by atoms with van der Waals surface area (Å²) in [4.78, 5) is 7.99. The van der Waals surface area contributed by atoms with Gasteiger partial charge in [0.2, 0.25) is 0 Å². The van der Waals surface area contributed by atoms with Gasteiger partial charge in [0, 0.05) is 29.1 Å². The van der Waals surface area contributed by atoms with E-state index in [1.807, 2.05) is 54.7 Å². The lowest BCUT2D eigenvalue weighted by molar-refractivity contribution is 0.0177. The predicted molar refractivity (Wildman–Crippen MR) is 126 cm³/mol. The van der Waals surface area contributed by atoms with E-state index in [0.717, 1.165) is 46.6 Å². The summed E-state index contributed by atoms with van der Waals surface area (Å²) in [5.41, 5.74) is 2.01. The number of methoxy groups -OCH3 is 1. The van der Waals surface area contributed by atoms with Crippen molar-refractivity contribution in [3.8, 4) is 5.75 Å². The van der Waals surface area contributed by atoms with Crippen LogP contribution in [-0.4, -0.2) is 40.3 Å². The van der Waals surface area contributed by atoms with Crippen molar-refractivity contribution in [1.82, 2.24) is 9.88 Å². The number of piperidine rings is 3. The summed E-state index contributed by atoms with van der Waals surface area (Å²) in [6.45, 7) is 6.14. The quantitative estimate of drug-likeness (QED) is 0.515. The second-order valence-electron chi connectivity index (χ2n) is 8.56. The Balaban J connectivity index is 1.64. The molecule has 2 unspecified atom stereocenters. The Bertz CT molecular complexity index is 1120. The second kappa shape index (κ2) is 8.56. The summed E-state index contributed by atoms with van der Waals surface area (Å²) in [6, 6.07) is 18.1. The first-order valence-electron chi connectivity index (χ1n) is 10.9. The highest BCUT2D eigenvalue weighted by Gasteiger charge is 2.44. The molecule has 0 spiro atoms. The van der Waals surface area contributed by atoms with Crippen LogP contribution >= 0.6 is 0 Å². The Kier molecular flexibility index (Phi) is 5.63. The lowest BCUT2D eigenvalue weighted by atomic mass is 9.74. The van der Waals surface area contributed by atoms with E-state index in [2.05, 4.69) is 28.6 Å².